The molecule has 0 atom stereocenters. The molecule has 0 bridgehead atoms. The van der Waals surface area contributed by atoms with Gasteiger partial charge in [-0.1, -0.05) is 0 Å². The minimum atomic E-state index is -0.847. The van der Waals surface area contributed by atoms with Gasteiger partial charge in [-0.2, -0.15) is 0 Å². The summed E-state index contributed by atoms with van der Waals surface area (Å²) in [5.41, 5.74) is 0.374. The number of amides is 2. The van der Waals surface area contributed by atoms with E-state index in [9.17, 15) is 13.6 Å². The van der Waals surface area contributed by atoms with Crippen LogP contribution in [-0.2, 0) is 0 Å². The zero-order valence-electron chi connectivity index (χ0n) is 12.6. The van der Waals surface area contributed by atoms with Crippen molar-refractivity contribution in [2.75, 3.05) is 31.1 Å². The molecule has 1 aromatic rings. The molecule has 1 aliphatic rings. The molecule has 4 nitrogen and oxygen atoms in total. The minimum Gasteiger partial charge on any atom is -0.368 e. The van der Waals surface area contributed by atoms with Gasteiger partial charge in [0.05, 0.1) is 0 Å². The first-order valence-electron chi connectivity index (χ1n) is 7.03. The third kappa shape index (κ3) is 4.06. The van der Waals surface area contributed by atoms with Crippen molar-refractivity contribution >= 4 is 11.7 Å². The topological polar surface area (TPSA) is 35.6 Å². The van der Waals surface area contributed by atoms with Crippen molar-refractivity contribution < 1.29 is 13.6 Å². The first kappa shape index (κ1) is 15.5. The number of rotatable bonds is 1. The van der Waals surface area contributed by atoms with Gasteiger partial charge in [-0.15, -0.1) is 0 Å². The van der Waals surface area contributed by atoms with Gasteiger partial charge in [-0.05, 0) is 32.9 Å². The highest BCUT2D eigenvalue weighted by molar-refractivity contribution is 5.75. The van der Waals surface area contributed by atoms with Gasteiger partial charge in [-0.25, -0.2) is 13.6 Å². The highest BCUT2D eigenvalue weighted by Gasteiger charge is 2.24. The van der Waals surface area contributed by atoms with Crippen molar-refractivity contribution in [1.82, 2.24) is 10.2 Å². The standard InChI is InChI=1S/C15H21F2N3O/c1-15(2,3)18-14(21)20-8-6-19(7-9-20)11-4-5-12(16)13(17)10-11/h4-5,10H,6-9H2,1-3H3,(H,18,21). The van der Waals surface area contributed by atoms with E-state index in [2.05, 4.69) is 5.32 Å². The Bertz CT molecular complexity index is 520. The van der Waals surface area contributed by atoms with E-state index in [4.69, 9.17) is 0 Å². The number of nitrogens with one attached hydrogen (secondary N) is 1. The van der Waals surface area contributed by atoms with Crippen LogP contribution < -0.4 is 10.2 Å². The molecule has 1 aliphatic heterocycles. The Balaban J connectivity index is 1.94. The number of piperazine rings is 1. The average Bonchev–Trinajstić information content (AvgIpc) is 2.40. The Morgan fingerprint density at radius 2 is 1.71 bits per heavy atom. The second-order valence-electron chi connectivity index (χ2n) is 6.25. The van der Waals surface area contributed by atoms with Gasteiger partial charge in [0.25, 0.3) is 0 Å². The first-order valence-corrected chi connectivity index (χ1v) is 7.03. The van der Waals surface area contributed by atoms with Gasteiger partial charge in [0.1, 0.15) is 0 Å². The average molecular weight is 297 g/mol. The molecule has 0 radical (unpaired) electrons. The highest BCUT2D eigenvalue weighted by Crippen LogP contribution is 2.19. The smallest absolute Gasteiger partial charge is 0.317 e. The van der Waals surface area contributed by atoms with Gasteiger partial charge in [0, 0.05) is 43.5 Å². The van der Waals surface area contributed by atoms with E-state index in [1.807, 2.05) is 25.7 Å². The zero-order chi connectivity index (χ0) is 15.6. The maximum absolute atomic E-state index is 13.2. The number of benzene rings is 1. The van der Waals surface area contributed by atoms with Crippen LogP contribution in [0.1, 0.15) is 20.8 Å². The fourth-order valence-corrected chi connectivity index (χ4v) is 2.25. The summed E-state index contributed by atoms with van der Waals surface area (Å²) < 4.78 is 26.2. The number of anilines is 1. The van der Waals surface area contributed by atoms with E-state index in [-0.39, 0.29) is 11.6 Å². The van der Waals surface area contributed by atoms with E-state index in [1.54, 1.807) is 11.0 Å². The van der Waals surface area contributed by atoms with Gasteiger partial charge < -0.3 is 15.1 Å². The largest absolute Gasteiger partial charge is 0.368 e. The van der Waals surface area contributed by atoms with Crippen LogP contribution >= 0.6 is 0 Å². The monoisotopic (exact) mass is 297 g/mol. The molecule has 1 saturated heterocycles. The summed E-state index contributed by atoms with van der Waals surface area (Å²) in [5.74, 6) is -1.69. The lowest BCUT2D eigenvalue weighted by atomic mass is 10.1. The summed E-state index contributed by atoms with van der Waals surface area (Å²) >= 11 is 0. The molecule has 2 rings (SSSR count). The number of hydrogen-bond donors (Lipinski definition) is 1. The van der Waals surface area contributed by atoms with Gasteiger partial charge in [0.15, 0.2) is 11.6 Å². The molecule has 1 heterocycles. The number of carbonyl (C=O) groups excluding carboxylic acids is 1. The summed E-state index contributed by atoms with van der Waals surface area (Å²) in [5, 5.41) is 2.92. The molecule has 0 aliphatic carbocycles. The van der Waals surface area contributed by atoms with Crippen LogP contribution in [0.2, 0.25) is 0 Å². The zero-order valence-corrected chi connectivity index (χ0v) is 12.6. The number of nitrogens with zero attached hydrogens (tertiary/aromatic N) is 2. The normalized spacial score (nSPS) is 16.0. The van der Waals surface area contributed by atoms with Crippen molar-refractivity contribution in [2.45, 2.75) is 26.3 Å². The molecule has 116 valence electrons. The molecule has 0 aromatic heterocycles. The summed E-state index contributed by atoms with van der Waals surface area (Å²) in [6.45, 7) is 8.11. The molecule has 6 heteroatoms. The number of carbonyl (C=O) groups is 1. The highest BCUT2D eigenvalue weighted by atomic mass is 19.2. The maximum atomic E-state index is 13.2. The predicted molar refractivity (Wildman–Crippen MR) is 78.4 cm³/mol. The fourth-order valence-electron chi connectivity index (χ4n) is 2.25. The summed E-state index contributed by atoms with van der Waals surface area (Å²) in [4.78, 5) is 15.7. The number of urea groups is 1. The van der Waals surface area contributed by atoms with Crippen LogP contribution in [0, 0.1) is 11.6 Å². The van der Waals surface area contributed by atoms with E-state index in [0.717, 1.165) is 6.07 Å². The van der Waals surface area contributed by atoms with E-state index in [1.165, 1.54) is 6.07 Å². The lowest BCUT2D eigenvalue weighted by Crippen LogP contribution is -2.55. The molecule has 0 saturated carbocycles. The number of hydrogen-bond acceptors (Lipinski definition) is 2. The van der Waals surface area contributed by atoms with Gasteiger partial charge in [-0.3, -0.25) is 0 Å². The molecule has 2 amide bonds. The molecule has 0 spiro atoms. The van der Waals surface area contributed by atoms with Gasteiger partial charge in [0.2, 0.25) is 0 Å². The molecular weight excluding hydrogens is 276 g/mol. The van der Waals surface area contributed by atoms with Crippen LogP contribution in [0.5, 0.6) is 0 Å². The van der Waals surface area contributed by atoms with Crippen LogP contribution in [0.25, 0.3) is 0 Å². The summed E-state index contributed by atoms with van der Waals surface area (Å²) in [7, 11) is 0. The summed E-state index contributed by atoms with van der Waals surface area (Å²) in [6.07, 6.45) is 0. The predicted octanol–water partition coefficient (Wildman–Crippen LogP) is 2.59. The van der Waals surface area contributed by atoms with Crippen molar-refractivity contribution in [1.29, 1.82) is 0 Å². The third-order valence-corrected chi connectivity index (χ3v) is 3.32. The van der Waals surface area contributed by atoms with Crippen LogP contribution in [0.4, 0.5) is 19.3 Å². The van der Waals surface area contributed by atoms with Gasteiger partial charge >= 0.3 is 6.03 Å². The third-order valence-electron chi connectivity index (χ3n) is 3.32. The molecule has 0 unspecified atom stereocenters. The Morgan fingerprint density at radius 3 is 2.24 bits per heavy atom. The molecule has 1 fully saturated rings. The van der Waals surface area contributed by atoms with E-state index in [0.29, 0.717) is 31.9 Å². The van der Waals surface area contributed by atoms with Crippen LogP contribution in [0.15, 0.2) is 18.2 Å². The Morgan fingerprint density at radius 1 is 1.10 bits per heavy atom. The quantitative estimate of drug-likeness (QED) is 0.865. The fraction of sp³-hybridized carbons (Fsp3) is 0.533. The SMILES string of the molecule is CC(C)(C)NC(=O)N1CCN(c2ccc(F)c(F)c2)CC1. The Labute approximate surface area is 123 Å². The van der Waals surface area contributed by atoms with E-state index >= 15 is 0 Å². The van der Waals surface area contributed by atoms with Crippen molar-refractivity contribution in [3.8, 4) is 0 Å². The molecule has 21 heavy (non-hydrogen) atoms. The minimum absolute atomic E-state index is 0.0903. The van der Waals surface area contributed by atoms with Crippen molar-refractivity contribution in [3.63, 3.8) is 0 Å². The molecule has 1 N–H and O–H groups in total. The van der Waals surface area contributed by atoms with Crippen molar-refractivity contribution in [3.05, 3.63) is 29.8 Å². The maximum Gasteiger partial charge on any atom is 0.317 e. The van der Waals surface area contributed by atoms with Crippen LogP contribution in [-0.4, -0.2) is 42.6 Å². The second-order valence-corrected chi connectivity index (χ2v) is 6.25. The first-order chi connectivity index (χ1) is 9.76. The van der Waals surface area contributed by atoms with E-state index < -0.39 is 11.6 Å². The molecular formula is C15H21F2N3O. The van der Waals surface area contributed by atoms with Crippen LogP contribution in [0.3, 0.4) is 0 Å². The summed E-state index contributed by atoms with van der Waals surface area (Å²) in [6, 6.07) is 3.79. The van der Waals surface area contributed by atoms with Crippen molar-refractivity contribution in [2.24, 2.45) is 0 Å². The lowest BCUT2D eigenvalue weighted by Gasteiger charge is -2.37. The number of halogens is 2. The second kappa shape index (κ2) is 5.87. The Hall–Kier alpha value is -1.85. The molecule has 1 aromatic carbocycles. The Kier molecular flexibility index (Phi) is 4.34. The lowest BCUT2D eigenvalue weighted by molar-refractivity contribution is 0.185.